The summed E-state index contributed by atoms with van der Waals surface area (Å²) in [7, 11) is 0. The number of hydrogen-bond donors (Lipinski definition) is 2. The Labute approximate surface area is 171 Å². The zero-order valence-electron chi connectivity index (χ0n) is 16.0. The lowest BCUT2D eigenvalue weighted by Crippen LogP contribution is -2.75. The number of amides is 4. The summed E-state index contributed by atoms with van der Waals surface area (Å²) in [4.78, 5) is 45.7. The molecule has 29 heavy (non-hydrogen) atoms. The normalized spacial score (nSPS) is 27.9. The number of aromatic nitrogens is 1. The minimum Gasteiger partial charge on any atom is -0.372 e. The molecule has 5 heterocycles. The molecule has 0 saturated carbocycles. The zero-order valence-corrected chi connectivity index (χ0v) is 16.8. The molecule has 2 N–H and O–H groups in total. The van der Waals surface area contributed by atoms with Crippen molar-refractivity contribution in [2.75, 3.05) is 11.4 Å². The molecule has 2 saturated heterocycles. The van der Waals surface area contributed by atoms with Crippen LogP contribution >= 0.6 is 11.3 Å². The standard InChI is InChI=1S/C20H20N4O4S/c1-10-9-24-15(11(2)28-10)20(17(25)22-19(27)23-18(20)26)7-12-6-13(8-21-16(12)24)14-4-3-5-29-14/h3-6,8,10-11,15H,7,9H2,1-2H3,(H2,22,23,25,26,27)/t10-,11+,15-/m1/s1. The number of pyridine rings is 1. The van der Waals surface area contributed by atoms with E-state index >= 15 is 0 Å². The van der Waals surface area contributed by atoms with Crippen molar-refractivity contribution < 1.29 is 19.1 Å². The molecule has 4 amide bonds. The molecule has 0 aliphatic carbocycles. The molecule has 2 aromatic heterocycles. The van der Waals surface area contributed by atoms with Crippen LogP contribution in [0.2, 0.25) is 0 Å². The largest absolute Gasteiger partial charge is 0.372 e. The number of fused-ring (bicyclic) bond motifs is 4. The Kier molecular flexibility index (Phi) is 4.01. The first-order chi connectivity index (χ1) is 13.9. The molecular formula is C20H20N4O4S. The number of nitrogens with one attached hydrogen (secondary N) is 2. The fraction of sp³-hybridized carbons (Fsp3) is 0.400. The summed E-state index contributed by atoms with van der Waals surface area (Å²) >= 11 is 1.60. The summed E-state index contributed by atoms with van der Waals surface area (Å²) in [5.41, 5.74) is 0.290. The minimum atomic E-state index is -1.46. The van der Waals surface area contributed by atoms with Crippen LogP contribution in [0.4, 0.5) is 10.6 Å². The first kappa shape index (κ1) is 18.3. The van der Waals surface area contributed by atoms with Gasteiger partial charge in [-0.25, -0.2) is 9.78 Å². The van der Waals surface area contributed by atoms with E-state index in [0.29, 0.717) is 6.54 Å². The van der Waals surface area contributed by atoms with E-state index in [2.05, 4.69) is 10.6 Å². The van der Waals surface area contributed by atoms with Crippen LogP contribution in [0.5, 0.6) is 0 Å². The van der Waals surface area contributed by atoms with Crippen LogP contribution in [-0.2, 0) is 20.7 Å². The quantitative estimate of drug-likeness (QED) is 0.692. The monoisotopic (exact) mass is 412 g/mol. The van der Waals surface area contributed by atoms with Crippen molar-refractivity contribution >= 4 is 35.0 Å². The molecule has 2 aromatic rings. The van der Waals surface area contributed by atoms with Gasteiger partial charge in [-0.05, 0) is 36.9 Å². The van der Waals surface area contributed by atoms with Gasteiger partial charge >= 0.3 is 6.03 Å². The van der Waals surface area contributed by atoms with E-state index in [4.69, 9.17) is 9.72 Å². The van der Waals surface area contributed by atoms with Crippen LogP contribution in [0.25, 0.3) is 10.4 Å². The molecule has 0 aromatic carbocycles. The zero-order chi connectivity index (χ0) is 20.3. The van der Waals surface area contributed by atoms with Crippen molar-refractivity contribution in [2.45, 2.75) is 38.5 Å². The second-order valence-corrected chi connectivity index (χ2v) is 8.77. The first-order valence-corrected chi connectivity index (χ1v) is 10.4. The number of rotatable bonds is 1. The minimum absolute atomic E-state index is 0.0839. The Balaban J connectivity index is 1.69. The summed E-state index contributed by atoms with van der Waals surface area (Å²) in [5.74, 6) is -0.405. The highest BCUT2D eigenvalue weighted by Crippen LogP contribution is 2.46. The van der Waals surface area contributed by atoms with E-state index in [9.17, 15) is 14.4 Å². The van der Waals surface area contributed by atoms with Crippen molar-refractivity contribution in [1.29, 1.82) is 0 Å². The van der Waals surface area contributed by atoms with Gasteiger partial charge in [-0.3, -0.25) is 20.2 Å². The predicted molar refractivity (Wildman–Crippen MR) is 107 cm³/mol. The highest BCUT2D eigenvalue weighted by molar-refractivity contribution is 7.13. The number of hydrogen-bond acceptors (Lipinski definition) is 7. The van der Waals surface area contributed by atoms with Gasteiger partial charge in [0.05, 0.1) is 18.2 Å². The maximum Gasteiger partial charge on any atom is 0.328 e. The van der Waals surface area contributed by atoms with Crippen molar-refractivity contribution in [3.63, 3.8) is 0 Å². The lowest BCUT2D eigenvalue weighted by Gasteiger charge is -2.54. The number of carbonyl (C=O) groups is 3. The van der Waals surface area contributed by atoms with Crippen molar-refractivity contribution in [1.82, 2.24) is 15.6 Å². The SMILES string of the molecule is C[C@@H]1CN2c3ncc(-c4cccs4)cc3CC3(C(=O)NC(=O)NC3=O)[C@H]2[C@H](C)O1. The van der Waals surface area contributed by atoms with E-state index in [1.807, 2.05) is 48.5 Å². The van der Waals surface area contributed by atoms with E-state index in [1.54, 1.807) is 11.3 Å². The van der Waals surface area contributed by atoms with Crippen LogP contribution in [0.15, 0.2) is 29.8 Å². The predicted octanol–water partition coefficient (Wildman–Crippen LogP) is 1.70. The second-order valence-electron chi connectivity index (χ2n) is 7.82. The summed E-state index contributed by atoms with van der Waals surface area (Å²) < 4.78 is 5.99. The molecule has 0 unspecified atom stereocenters. The summed E-state index contributed by atoms with van der Waals surface area (Å²) in [6.07, 6.45) is 1.51. The van der Waals surface area contributed by atoms with Crippen LogP contribution < -0.4 is 15.5 Å². The average molecular weight is 412 g/mol. The van der Waals surface area contributed by atoms with Gasteiger partial charge in [-0.2, -0.15) is 0 Å². The second kappa shape index (κ2) is 6.36. The van der Waals surface area contributed by atoms with Crippen LogP contribution in [-0.4, -0.2) is 47.6 Å². The fourth-order valence-electron chi connectivity index (χ4n) is 4.88. The average Bonchev–Trinajstić information content (AvgIpc) is 3.20. The van der Waals surface area contributed by atoms with Crippen LogP contribution in [0.1, 0.15) is 19.4 Å². The smallest absolute Gasteiger partial charge is 0.328 e. The van der Waals surface area contributed by atoms with Gasteiger partial charge < -0.3 is 9.64 Å². The van der Waals surface area contributed by atoms with Gasteiger partial charge in [0.2, 0.25) is 11.8 Å². The number of ether oxygens (including phenoxy) is 1. The number of urea groups is 1. The molecule has 9 heteroatoms. The highest BCUT2D eigenvalue weighted by atomic mass is 32.1. The molecule has 1 spiro atoms. The molecular weight excluding hydrogens is 392 g/mol. The molecule has 0 bridgehead atoms. The van der Waals surface area contributed by atoms with Gasteiger partial charge in [-0.15, -0.1) is 11.3 Å². The lowest BCUT2D eigenvalue weighted by atomic mass is 9.67. The van der Waals surface area contributed by atoms with Gasteiger partial charge in [0.1, 0.15) is 5.82 Å². The molecule has 5 rings (SSSR count). The van der Waals surface area contributed by atoms with Crippen LogP contribution in [0, 0.1) is 5.41 Å². The van der Waals surface area contributed by atoms with E-state index in [-0.39, 0.29) is 12.5 Å². The molecule has 0 radical (unpaired) electrons. The number of nitrogens with zero attached hydrogens (tertiary/aromatic N) is 2. The number of anilines is 1. The van der Waals surface area contributed by atoms with Crippen LogP contribution in [0.3, 0.4) is 0 Å². The number of carbonyl (C=O) groups excluding carboxylic acids is 3. The Bertz CT molecular complexity index is 1000. The maximum atomic E-state index is 13.1. The third kappa shape index (κ3) is 2.61. The van der Waals surface area contributed by atoms with E-state index < -0.39 is 35.4 Å². The summed E-state index contributed by atoms with van der Waals surface area (Å²) in [6, 6.07) is 4.63. The number of morpholine rings is 1. The Morgan fingerprint density at radius 3 is 2.69 bits per heavy atom. The third-order valence-corrected chi connectivity index (χ3v) is 6.86. The molecule has 3 aliphatic heterocycles. The number of imide groups is 2. The van der Waals surface area contributed by atoms with Crippen molar-refractivity contribution in [2.24, 2.45) is 5.41 Å². The van der Waals surface area contributed by atoms with E-state index in [1.165, 1.54) is 0 Å². The molecule has 3 aliphatic rings. The first-order valence-electron chi connectivity index (χ1n) is 9.52. The Hall–Kier alpha value is -2.78. The Morgan fingerprint density at radius 2 is 2.00 bits per heavy atom. The molecule has 8 nitrogen and oxygen atoms in total. The van der Waals surface area contributed by atoms with Gasteiger partial charge in [0.15, 0.2) is 5.41 Å². The van der Waals surface area contributed by atoms with Gasteiger partial charge in [0, 0.05) is 29.6 Å². The fourth-order valence-corrected chi connectivity index (χ4v) is 5.59. The topological polar surface area (TPSA) is 101 Å². The molecule has 2 fully saturated rings. The summed E-state index contributed by atoms with van der Waals surface area (Å²) in [5, 5.41) is 6.59. The number of thiophene rings is 1. The Morgan fingerprint density at radius 1 is 1.24 bits per heavy atom. The highest BCUT2D eigenvalue weighted by Gasteiger charge is 2.63. The van der Waals surface area contributed by atoms with Crippen molar-refractivity contribution in [3.8, 4) is 10.4 Å². The van der Waals surface area contributed by atoms with Gasteiger partial charge in [0.25, 0.3) is 0 Å². The summed E-state index contributed by atoms with van der Waals surface area (Å²) in [6.45, 7) is 4.32. The van der Waals surface area contributed by atoms with Gasteiger partial charge in [-0.1, -0.05) is 6.07 Å². The molecule has 3 atom stereocenters. The number of barbiturate groups is 1. The van der Waals surface area contributed by atoms with E-state index in [0.717, 1.165) is 21.8 Å². The third-order valence-electron chi connectivity index (χ3n) is 5.94. The maximum absolute atomic E-state index is 13.1. The lowest BCUT2D eigenvalue weighted by molar-refractivity contribution is -0.153. The van der Waals surface area contributed by atoms with Crippen molar-refractivity contribution in [3.05, 3.63) is 35.3 Å². The molecule has 150 valence electrons.